The highest BCUT2D eigenvalue weighted by atomic mass is 32.2. The number of para-hydroxylation sites is 2. The molecule has 6 nitrogen and oxygen atoms in total. The molecule has 1 aromatic heterocycles. The SMILES string of the molecule is COc1ccccc1S(=O)(=O)N1CCC(Oc2cccc3cccnc23)C1. The van der Waals surface area contributed by atoms with Crippen LogP contribution in [0.3, 0.4) is 0 Å². The lowest BCUT2D eigenvalue weighted by atomic mass is 10.2. The van der Waals surface area contributed by atoms with Gasteiger partial charge in [0.15, 0.2) is 0 Å². The lowest BCUT2D eigenvalue weighted by Gasteiger charge is -2.19. The Morgan fingerprint density at radius 3 is 2.67 bits per heavy atom. The highest BCUT2D eigenvalue weighted by molar-refractivity contribution is 7.89. The number of rotatable bonds is 5. The van der Waals surface area contributed by atoms with Gasteiger partial charge in [0.1, 0.15) is 28.0 Å². The van der Waals surface area contributed by atoms with Gasteiger partial charge in [-0.15, -0.1) is 0 Å². The van der Waals surface area contributed by atoms with Gasteiger partial charge in [-0.1, -0.05) is 30.3 Å². The smallest absolute Gasteiger partial charge is 0.246 e. The van der Waals surface area contributed by atoms with E-state index in [0.29, 0.717) is 31.0 Å². The van der Waals surface area contributed by atoms with Crippen LogP contribution in [0.5, 0.6) is 11.5 Å². The normalized spacial score (nSPS) is 17.9. The Labute approximate surface area is 158 Å². The molecule has 3 aromatic rings. The first-order chi connectivity index (χ1) is 13.1. The first-order valence-corrected chi connectivity index (χ1v) is 10.2. The van der Waals surface area contributed by atoms with Crippen LogP contribution in [0.25, 0.3) is 10.9 Å². The van der Waals surface area contributed by atoms with Crippen LogP contribution in [0.2, 0.25) is 0 Å². The van der Waals surface area contributed by atoms with Crippen LogP contribution in [0.15, 0.2) is 65.7 Å². The van der Waals surface area contributed by atoms with Gasteiger partial charge in [-0.25, -0.2) is 8.42 Å². The number of hydrogen-bond donors (Lipinski definition) is 0. The second-order valence-electron chi connectivity index (χ2n) is 6.37. The summed E-state index contributed by atoms with van der Waals surface area (Å²) in [4.78, 5) is 4.57. The fourth-order valence-electron chi connectivity index (χ4n) is 3.33. The number of benzene rings is 2. The summed E-state index contributed by atoms with van der Waals surface area (Å²) < 4.78 is 38.8. The molecule has 0 aliphatic carbocycles. The second kappa shape index (κ2) is 7.17. The van der Waals surface area contributed by atoms with E-state index in [4.69, 9.17) is 9.47 Å². The minimum atomic E-state index is -3.64. The van der Waals surface area contributed by atoms with Crippen LogP contribution in [-0.4, -0.2) is 44.0 Å². The molecular weight excluding hydrogens is 364 g/mol. The van der Waals surface area contributed by atoms with Crippen LogP contribution in [0, 0.1) is 0 Å². The van der Waals surface area contributed by atoms with Gasteiger partial charge in [0.2, 0.25) is 10.0 Å². The highest BCUT2D eigenvalue weighted by Crippen LogP contribution is 2.31. The molecule has 0 bridgehead atoms. The molecule has 1 saturated heterocycles. The molecule has 0 saturated carbocycles. The van der Waals surface area contributed by atoms with Gasteiger partial charge in [0.05, 0.1) is 13.7 Å². The lowest BCUT2D eigenvalue weighted by Crippen LogP contribution is -2.31. The first-order valence-electron chi connectivity index (χ1n) is 8.73. The Morgan fingerprint density at radius 1 is 1.04 bits per heavy atom. The number of aromatic nitrogens is 1. The Hall–Kier alpha value is -2.64. The monoisotopic (exact) mass is 384 g/mol. The topological polar surface area (TPSA) is 68.7 Å². The number of hydrogen-bond acceptors (Lipinski definition) is 5. The van der Waals surface area contributed by atoms with E-state index in [0.717, 1.165) is 10.9 Å². The van der Waals surface area contributed by atoms with Gasteiger partial charge >= 0.3 is 0 Å². The third kappa shape index (κ3) is 3.36. The number of nitrogens with zero attached hydrogens (tertiary/aromatic N) is 2. The van der Waals surface area contributed by atoms with Gasteiger partial charge in [-0.3, -0.25) is 4.98 Å². The first kappa shape index (κ1) is 17.8. The van der Waals surface area contributed by atoms with E-state index in [1.165, 1.54) is 11.4 Å². The van der Waals surface area contributed by atoms with Gasteiger partial charge in [0.25, 0.3) is 0 Å². The van der Waals surface area contributed by atoms with Crippen molar-refractivity contribution in [3.05, 3.63) is 60.8 Å². The molecular formula is C20H20N2O4S. The van der Waals surface area contributed by atoms with Crippen LogP contribution >= 0.6 is 0 Å². The number of pyridine rings is 1. The molecule has 1 unspecified atom stereocenters. The summed E-state index contributed by atoms with van der Waals surface area (Å²) in [7, 11) is -2.17. The van der Waals surface area contributed by atoms with E-state index in [9.17, 15) is 8.42 Å². The third-order valence-electron chi connectivity index (χ3n) is 4.68. The lowest BCUT2D eigenvalue weighted by molar-refractivity contribution is 0.218. The summed E-state index contributed by atoms with van der Waals surface area (Å²) >= 11 is 0. The summed E-state index contributed by atoms with van der Waals surface area (Å²) in [6.45, 7) is 0.701. The van der Waals surface area contributed by atoms with Gasteiger partial charge in [-0.05, 0) is 30.7 Å². The minimum absolute atomic E-state index is 0.181. The molecule has 1 aliphatic rings. The Balaban J connectivity index is 1.55. The third-order valence-corrected chi connectivity index (χ3v) is 6.59. The summed E-state index contributed by atoms with van der Waals surface area (Å²) in [5.74, 6) is 1.02. The largest absolute Gasteiger partial charge is 0.495 e. The maximum atomic E-state index is 13.0. The zero-order valence-corrected chi connectivity index (χ0v) is 15.7. The molecule has 1 atom stereocenters. The summed E-state index contributed by atoms with van der Waals surface area (Å²) in [6, 6.07) is 16.3. The van der Waals surface area contributed by atoms with Crippen molar-refractivity contribution < 1.29 is 17.9 Å². The van der Waals surface area contributed by atoms with Crippen LogP contribution in [0.1, 0.15) is 6.42 Å². The Kier molecular flexibility index (Phi) is 4.72. The molecule has 27 heavy (non-hydrogen) atoms. The molecule has 2 heterocycles. The molecule has 2 aromatic carbocycles. The number of methoxy groups -OCH3 is 1. The summed E-state index contributed by atoms with van der Waals surface area (Å²) in [5.41, 5.74) is 0.783. The number of sulfonamides is 1. The van der Waals surface area contributed by atoms with Crippen molar-refractivity contribution in [1.29, 1.82) is 0 Å². The van der Waals surface area contributed by atoms with Crippen molar-refractivity contribution in [2.45, 2.75) is 17.4 Å². The van der Waals surface area contributed by atoms with Crippen molar-refractivity contribution in [3.63, 3.8) is 0 Å². The average molecular weight is 384 g/mol. The molecule has 0 amide bonds. The quantitative estimate of drug-likeness (QED) is 0.676. The van der Waals surface area contributed by atoms with Crippen molar-refractivity contribution in [2.75, 3.05) is 20.2 Å². The predicted octanol–water partition coefficient (Wildman–Crippen LogP) is 3.09. The molecule has 0 spiro atoms. The molecule has 0 radical (unpaired) electrons. The number of fused-ring (bicyclic) bond motifs is 1. The summed E-state index contributed by atoms with van der Waals surface area (Å²) in [5, 5.41) is 0.992. The standard InChI is InChI=1S/C20H20N2O4S/c1-25-17-8-2-3-10-19(17)27(23,24)22-13-11-16(14-22)26-18-9-4-6-15-7-5-12-21-20(15)18/h2-10,12,16H,11,13-14H2,1H3. The Morgan fingerprint density at radius 2 is 1.81 bits per heavy atom. The van der Waals surface area contributed by atoms with E-state index in [2.05, 4.69) is 4.98 Å². The van der Waals surface area contributed by atoms with E-state index in [1.54, 1.807) is 30.5 Å². The zero-order valence-electron chi connectivity index (χ0n) is 14.9. The molecule has 4 rings (SSSR count). The Bertz CT molecular complexity index is 1060. The van der Waals surface area contributed by atoms with Crippen LogP contribution < -0.4 is 9.47 Å². The van der Waals surface area contributed by atoms with Crippen molar-refractivity contribution in [3.8, 4) is 11.5 Å². The second-order valence-corrected chi connectivity index (χ2v) is 8.28. The van der Waals surface area contributed by atoms with Crippen molar-refractivity contribution >= 4 is 20.9 Å². The van der Waals surface area contributed by atoms with E-state index in [-0.39, 0.29) is 11.0 Å². The fourth-order valence-corrected chi connectivity index (χ4v) is 4.98. The van der Waals surface area contributed by atoms with E-state index in [1.807, 2.05) is 30.3 Å². The van der Waals surface area contributed by atoms with Crippen molar-refractivity contribution in [1.82, 2.24) is 9.29 Å². The van der Waals surface area contributed by atoms with Gasteiger partial charge in [-0.2, -0.15) is 4.31 Å². The zero-order chi connectivity index (χ0) is 18.9. The molecule has 140 valence electrons. The molecule has 0 N–H and O–H groups in total. The van der Waals surface area contributed by atoms with Crippen LogP contribution in [-0.2, 0) is 10.0 Å². The van der Waals surface area contributed by atoms with Crippen LogP contribution in [0.4, 0.5) is 0 Å². The predicted molar refractivity (Wildman–Crippen MR) is 103 cm³/mol. The van der Waals surface area contributed by atoms with Gasteiger partial charge in [0, 0.05) is 18.1 Å². The molecule has 1 fully saturated rings. The minimum Gasteiger partial charge on any atom is -0.495 e. The molecule has 7 heteroatoms. The fraction of sp³-hybridized carbons (Fsp3) is 0.250. The molecule has 1 aliphatic heterocycles. The van der Waals surface area contributed by atoms with Gasteiger partial charge < -0.3 is 9.47 Å². The highest BCUT2D eigenvalue weighted by Gasteiger charge is 2.35. The number of ether oxygens (including phenoxy) is 2. The van der Waals surface area contributed by atoms with E-state index < -0.39 is 10.0 Å². The van der Waals surface area contributed by atoms with Crippen molar-refractivity contribution in [2.24, 2.45) is 0 Å². The summed E-state index contributed by atoms with van der Waals surface area (Å²) in [6.07, 6.45) is 2.13. The van der Waals surface area contributed by atoms with E-state index >= 15 is 0 Å². The maximum absolute atomic E-state index is 13.0. The maximum Gasteiger partial charge on any atom is 0.246 e. The average Bonchev–Trinajstić information content (AvgIpc) is 3.18.